The second-order valence-electron chi connectivity index (χ2n) is 7.08. The van der Waals surface area contributed by atoms with E-state index >= 15 is 0 Å². The van der Waals surface area contributed by atoms with Crippen molar-refractivity contribution in [2.24, 2.45) is 5.73 Å². The van der Waals surface area contributed by atoms with Crippen LogP contribution in [0.5, 0.6) is 11.5 Å². The van der Waals surface area contributed by atoms with E-state index in [2.05, 4.69) is 27.2 Å². The van der Waals surface area contributed by atoms with Gasteiger partial charge in [0.05, 0.1) is 0 Å². The number of aliphatic hydroxyl groups is 1. The lowest BCUT2D eigenvalue weighted by Gasteiger charge is -2.13. The van der Waals surface area contributed by atoms with Crippen LogP contribution in [0.15, 0.2) is 104 Å². The van der Waals surface area contributed by atoms with Crippen LogP contribution in [0.4, 0.5) is 23.0 Å². The van der Waals surface area contributed by atoms with Crippen LogP contribution >= 0.6 is 0 Å². The number of benzene rings is 3. The molecule has 0 bridgehead atoms. The summed E-state index contributed by atoms with van der Waals surface area (Å²) in [7, 11) is 0. The molecule has 7 nitrogen and oxygen atoms in total. The first-order chi connectivity index (χ1) is 15.6. The fraction of sp³-hybridized carbons (Fsp3) is 0.0400. The van der Waals surface area contributed by atoms with E-state index in [1.807, 2.05) is 66.7 Å². The maximum Gasteiger partial charge on any atom is 0.135 e. The van der Waals surface area contributed by atoms with Crippen LogP contribution < -0.4 is 21.1 Å². The SMILES string of the molecule is C=C(N)C(O)c1cccc(Nc2cc(Nc3ccc(Oc4ccccc4)cc3)ncn2)c1. The molecule has 1 unspecified atom stereocenters. The van der Waals surface area contributed by atoms with Crippen molar-refractivity contribution in [1.82, 2.24) is 9.97 Å². The lowest BCUT2D eigenvalue weighted by atomic mass is 10.1. The minimum Gasteiger partial charge on any atom is -0.457 e. The van der Waals surface area contributed by atoms with Gasteiger partial charge in [0.1, 0.15) is 35.6 Å². The van der Waals surface area contributed by atoms with E-state index in [1.54, 1.807) is 18.2 Å². The molecule has 1 atom stereocenters. The molecule has 0 saturated carbocycles. The van der Waals surface area contributed by atoms with Crippen molar-refractivity contribution in [2.75, 3.05) is 10.6 Å². The highest BCUT2D eigenvalue weighted by Gasteiger charge is 2.09. The average molecular weight is 425 g/mol. The lowest BCUT2D eigenvalue weighted by molar-refractivity contribution is 0.214. The zero-order chi connectivity index (χ0) is 22.3. The molecule has 4 rings (SSSR count). The van der Waals surface area contributed by atoms with Crippen LogP contribution in [0, 0.1) is 0 Å². The molecule has 0 spiro atoms. The first kappa shape index (κ1) is 20.9. The summed E-state index contributed by atoms with van der Waals surface area (Å²) in [5.41, 5.74) is 8.07. The van der Waals surface area contributed by atoms with Gasteiger partial charge in [-0.05, 0) is 54.1 Å². The van der Waals surface area contributed by atoms with Gasteiger partial charge in [0.2, 0.25) is 0 Å². The summed E-state index contributed by atoms with van der Waals surface area (Å²) >= 11 is 0. The quantitative estimate of drug-likeness (QED) is 0.305. The van der Waals surface area contributed by atoms with Crippen LogP contribution in [-0.4, -0.2) is 15.1 Å². The van der Waals surface area contributed by atoms with Gasteiger partial charge >= 0.3 is 0 Å². The summed E-state index contributed by atoms with van der Waals surface area (Å²) in [6.45, 7) is 3.59. The Hall–Kier alpha value is -4.36. The second kappa shape index (κ2) is 9.63. The number of aliphatic hydroxyl groups excluding tert-OH is 1. The van der Waals surface area contributed by atoms with Gasteiger partial charge in [0.25, 0.3) is 0 Å². The Bertz CT molecular complexity index is 1200. The van der Waals surface area contributed by atoms with Crippen molar-refractivity contribution in [2.45, 2.75) is 6.10 Å². The summed E-state index contributed by atoms with van der Waals surface area (Å²) < 4.78 is 5.82. The van der Waals surface area contributed by atoms with Crippen LogP contribution in [0.3, 0.4) is 0 Å². The summed E-state index contributed by atoms with van der Waals surface area (Å²) in [6, 6.07) is 26.3. The first-order valence-electron chi connectivity index (χ1n) is 9.98. The molecule has 1 aromatic heterocycles. The van der Waals surface area contributed by atoms with Gasteiger partial charge in [-0.2, -0.15) is 0 Å². The Morgan fingerprint density at radius 2 is 1.47 bits per heavy atom. The molecule has 1 heterocycles. The number of ether oxygens (including phenoxy) is 1. The van der Waals surface area contributed by atoms with E-state index in [0.29, 0.717) is 17.2 Å². The number of hydrogen-bond acceptors (Lipinski definition) is 7. The smallest absolute Gasteiger partial charge is 0.135 e. The molecule has 0 radical (unpaired) electrons. The van der Waals surface area contributed by atoms with Crippen molar-refractivity contribution in [3.8, 4) is 11.5 Å². The van der Waals surface area contributed by atoms with Gasteiger partial charge in [0.15, 0.2) is 0 Å². The molecule has 0 aliphatic rings. The van der Waals surface area contributed by atoms with Gasteiger partial charge in [0, 0.05) is 23.1 Å². The van der Waals surface area contributed by atoms with Crippen LogP contribution in [0.1, 0.15) is 11.7 Å². The molecule has 160 valence electrons. The Labute approximate surface area is 186 Å². The number of nitrogens with zero attached hydrogens (tertiary/aromatic N) is 2. The highest BCUT2D eigenvalue weighted by atomic mass is 16.5. The fourth-order valence-electron chi connectivity index (χ4n) is 3.02. The number of para-hydroxylation sites is 1. The van der Waals surface area contributed by atoms with Gasteiger partial charge in [-0.3, -0.25) is 0 Å². The fourth-order valence-corrected chi connectivity index (χ4v) is 3.02. The number of anilines is 4. The molecule has 32 heavy (non-hydrogen) atoms. The average Bonchev–Trinajstić information content (AvgIpc) is 2.81. The summed E-state index contributed by atoms with van der Waals surface area (Å²) in [5.74, 6) is 2.76. The van der Waals surface area contributed by atoms with E-state index in [1.165, 1.54) is 6.33 Å². The molecule has 7 heteroatoms. The topological polar surface area (TPSA) is 105 Å². The van der Waals surface area contributed by atoms with Crippen molar-refractivity contribution >= 4 is 23.0 Å². The van der Waals surface area contributed by atoms with E-state index in [9.17, 15) is 5.11 Å². The van der Waals surface area contributed by atoms with Gasteiger partial charge in [-0.15, -0.1) is 0 Å². The highest BCUT2D eigenvalue weighted by molar-refractivity contribution is 5.63. The number of hydrogen-bond donors (Lipinski definition) is 4. The number of aromatic nitrogens is 2. The predicted octanol–water partition coefficient (Wildman–Crippen LogP) is 5.26. The summed E-state index contributed by atoms with van der Waals surface area (Å²) in [6.07, 6.45) is 0.547. The summed E-state index contributed by atoms with van der Waals surface area (Å²) in [4.78, 5) is 8.53. The molecule has 0 fully saturated rings. The van der Waals surface area contributed by atoms with Crippen LogP contribution in [-0.2, 0) is 0 Å². The third kappa shape index (κ3) is 5.41. The monoisotopic (exact) mass is 425 g/mol. The normalized spacial score (nSPS) is 11.4. The van der Waals surface area contributed by atoms with Gasteiger partial charge in [-0.25, -0.2) is 9.97 Å². The lowest BCUT2D eigenvalue weighted by Crippen LogP contribution is -2.08. The zero-order valence-corrected chi connectivity index (χ0v) is 17.3. The maximum absolute atomic E-state index is 10.1. The number of nitrogens with two attached hydrogens (primary N) is 1. The van der Waals surface area contributed by atoms with Crippen molar-refractivity contribution in [1.29, 1.82) is 0 Å². The molecule has 0 saturated heterocycles. The van der Waals surface area contributed by atoms with Gasteiger partial charge in [-0.1, -0.05) is 36.9 Å². The van der Waals surface area contributed by atoms with Gasteiger partial charge < -0.3 is 26.2 Å². The number of rotatable bonds is 8. The second-order valence-corrected chi connectivity index (χ2v) is 7.08. The molecular formula is C25H23N5O2. The minimum atomic E-state index is -0.923. The largest absolute Gasteiger partial charge is 0.457 e. The first-order valence-corrected chi connectivity index (χ1v) is 9.98. The molecule has 3 aromatic carbocycles. The Morgan fingerprint density at radius 3 is 2.16 bits per heavy atom. The molecule has 0 amide bonds. The van der Waals surface area contributed by atoms with Crippen molar-refractivity contribution in [3.63, 3.8) is 0 Å². The molecule has 0 aliphatic heterocycles. The third-order valence-electron chi connectivity index (χ3n) is 4.60. The standard InChI is InChI=1S/C25H23N5O2/c1-17(26)25(31)18-6-5-7-20(14-18)30-24-15-23(27-16-28-24)29-19-10-12-22(13-11-19)32-21-8-3-2-4-9-21/h2-16,25,31H,1,26H2,(H2,27,28,29,30). The van der Waals surface area contributed by atoms with Crippen LogP contribution in [0.25, 0.3) is 0 Å². The molecule has 5 N–H and O–H groups in total. The van der Waals surface area contributed by atoms with E-state index < -0.39 is 6.10 Å². The van der Waals surface area contributed by atoms with Crippen LogP contribution in [0.2, 0.25) is 0 Å². The predicted molar refractivity (Wildman–Crippen MR) is 126 cm³/mol. The summed E-state index contributed by atoms with van der Waals surface area (Å²) in [5, 5.41) is 16.6. The highest BCUT2D eigenvalue weighted by Crippen LogP contribution is 2.26. The zero-order valence-electron chi connectivity index (χ0n) is 17.3. The van der Waals surface area contributed by atoms with Crippen molar-refractivity contribution in [3.05, 3.63) is 109 Å². The van der Waals surface area contributed by atoms with E-state index in [4.69, 9.17) is 10.5 Å². The Kier molecular flexibility index (Phi) is 6.29. The Balaban J connectivity index is 1.42. The molecular weight excluding hydrogens is 402 g/mol. The van der Waals surface area contributed by atoms with E-state index in [-0.39, 0.29) is 5.70 Å². The van der Waals surface area contributed by atoms with Crippen molar-refractivity contribution < 1.29 is 9.84 Å². The minimum absolute atomic E-state index is 0.191. The Morgan fingerprint density at radius 1 is 0.812 bits per heavy atom. The molecule has 4 aromatic rings. The maximum atomic E-state index is 10.1. The van der Waals surface area contributed by atoms with E-state index in [0.717, 1.165) is 22.9 Å². The molecule has 0 aliphatic carbocycles. The number of nitrogens with one attached hydrogen (secondary N) is 2. The third-order valence-corrected chi connectivity index (χ3v) is 4.60.